The minimum atomic E-state index is -0.195. The Kier molecular flexibility index (Phi) is 6.21. The van der Waals surface area contributed by atoms with Gasteiger partial charge in [0.2, 0.25) is 0 Å². The van der Waals surface area contributed by atoms with Gasteiger partial charge < -0.3 is 10.1 Å². The third kappa shape index (κ3) is 6.15. The minimum Gasteiger partial charge on any atom is -0.494 e. The van der Waals surface area contributed by atoms with Gasteiger partial charge in [0, 0.05) is 12.2 Å². The average Bonchev–Trinajstić information content (AvgIpc) is 2.40. The zero-order chi connectivity index (χ0) is 14.1. The van der Waals surface area contributed by atoms with Crippen molar-refractivity contribution < 1.29 is 4.74 Å². The van der Waals surface area contributed by atoms with Crippen LogP contribution < -0.4 is 10.1 Å². The summed E-state index contributed by atoms with van der Waals surface area (Å²) in [6.45, 7) is 7.60. The van der Waals surface area contributed by atoms with Crippen LogP contribution in [0, 0.1) is 16.7 Å². The molecular formula is C16H24N2O. The van der Waals surface area contributed by atoms with Crippen LogP contribution in [-0.2, 0) is 0 Å². The van der Waals surface area contributed by atoms with Crippen LogP contribution in [0.15, 0.2) is 24.3 Å². The number of nitrogens with zero attached hydrogens (tertiary/aromatic N) is 1. The lowest BCUT2D eigenvalue weighted by Crippen LogP contribution is -2.09. The monoisotopic (exact) mass is 260 g/mol. The zero-order valence-corrected chi connectivity index (χ0v) is 12.2. The first-order valence-corrected chi connectivity index (χ1v) is 6.95. The van der Waals surface area contributed by atoms with E-state index in [0.29, 0.717) is 6.61 Å². The lowest BCUT2D eigenvalue weighted by atomic mass is 9.89. The summed E-state index contributed by atoms with van der Waals surface area (Å²) in [5, 5.41) is 12.3. The molecule has 0 aliphatic heterocycles. The predicted molar refractivity (Wildman–Crippen MR) is 79.3 cm³/mol. The molecule has 1 aromatic rings. The maximum Gasteiger partial charge on any atom is 0.119 e. The van der Waals surface area contributed by atoms with E-state index in [1.807, 2.05) is 45.0 Å². The molecule has 0 heterocycles. The Balaban J connectivity index is 2.21. The molecule has 3 heteroatoms. The fourth-order valence-corrected chi connectivity index (χ4v) is 1.82. The van der Waals surface area contributed by atoms with Gasteiger partial charge in [0.15, 0.2) is 0 Å². The van der Waals surface area contributed by atoms with Crippen LogP contribution in [0.5, 0.6) is 5.75 Å². The van der Waals surface area contributed by atoms with Crippen molar-refractivity contribution >= 4 is 5.69 Å². The van der Waals surface area contributed by atoms with Crippen molar-refractivity contribution in [2.24, 2.45) is 5.41 Å². The quantitative estimate of drug-likeness (QED) is 0.712. The van der Waals surface area contributed by atoms with Gasteiger partial charge in [0.05, 0.1) is 18.1 Å². The molecule has 0 aliphatic rings. The average molecular weight is 260 g/mol. The molecule has 0 saturated heterocycles. The molecule has 3 nitrogen and oxygen atoms in total. The molecule has 0 amide bonds. The van der Waals surface area contributed by atoms with Crippen LogP contribution in [0.4, 0.5) is 5.69 Å². The predicted octanol–water partition coefficient (Wildman–Crippen LogP) is 4.22. The Morgan fingerprint density at radius 3 is 2.47 bits per heavy atom. The van der Waals surface area contributed by atoms with Crippen LogP contribution >= 0.6 is 0 Å². The van der Waals surface area contributed by atoms with Gasteiger partial charge in [-0.1, -0.05) is 6.42 Å². The second-order valence-corrected chi connectivity index (χ2v) is 5.34. The van der Waals surface area contributed by atoms with Gasteiger partial charge in [0.1, 0.15) is 5.75 Å². The fraction of sp³-hybridized carbons (Fsp3) is 0.562. The number of nitriles is 1. The van der Waals surface area contributed by atoms with Crippen LogP contribution in [0.3, 0.4) is 0 Å². The first-order valence-electron chi connectivity index (χ1n) is 6.95. The van der Waals surface area contributed by atoms with Crippen molar-refractivity contribution in [1.82, 2.24) is 0 Å². The Hall–Kier alpha value is -1.69. The van der Waals surface area contributed by atoms with E-state index in [0.717, 1.165) is 37.2 Å². The van der Waals surface area contributed by atoms with Crippen molar-refractivity contribution in [3.8, 4) is 11.8 Å². The summed E-state index contributed by atoms with van der Waals surface area (Å²) >= 11 is 0. The van der Waals surface area contributed by atoms with E-state index in [2.05, 4.69) is 11.4 Å². The number of rotatable bonds is 8. The number of ether oxygens (including phenoxy) is 1. The SMILES string of the molecule is CCOc1ccc(NCCCCC(C)(C)C#N)cc1. The topological polar surface area (TPSA) is 45.0 Å². The third-order valence-electron chi connectivity index (χ3n) is 3.03. The molecule has 104 valence electrons. The van der Waals surface area contributed by atoms with E-state index in [-0.39, 0.29) is 5.41 Å². The summed E-state index contributed by atoms with van der Waals surface area (Å²) < 4.78 is 5.40. The highest BCUT2D eigenvalue weighted by atomic mass is 16.5. The molecule has 1 N–H and O–H groups in total. The van der Waals surface area contributed by atoms with E-state index in [9.17, 15) is 0 Å². The summed E-state index contributed by atoms with van der Waals surface area (Å²) in [6.07, 6.45) is 3.11. The Labute approximate surface area is 116 Å². The molecular weight excluding hydrogens is 236 g/mol. The smallest absolute Gasteiger partial charge is 0.119 e. The highest BCUT2D eigenvalue weighted by Gasteiger charge is 2.15. The van der Waals surface area contributed by atoms with Gasteiger partial charge in [0.25, 0.3) is 0 Å². The number of anilines is 1. The fourth-order valence-electron chi connectivity index (χ4n) is 1.82. The summed E-state index contributed by atoms with van der Waals surface area (Å²) in [4.78, 5) is 0. The zero-order valence-electron chi connectivity index (χ0n) is 12.2. The van der Waals surface area contributed by atoms with E-state index >= 15 is 0 Å². The van der Waals surface area contributed by atoms with Gasteiger partial charge >= 0.3 is 0 Å². The first-order chi connectivity index (χ1) is 9.07. The summed E-state index contributed by atoms with van der Waals surface area (Å²) in [6, 6.07) is 10.4. The molecule has 1 aromatic carbocycles. The number of hydrogen-bond acceptors (Lipinski definition) is 3. The molecule has 0 fully saturated rings. The molecule has 0 spiro atoms. The maximum absolute atomic E-state index is 8.92. The van der Waals surface area contributed by atoms with Crippen molar-refractivity contribution in [1.29, 1.82) is 5.26 Å². The molecule has 0 bridgehead atoms. The number of unbranched alkanes of at least 4 members (excludes halogenated alkanes) is 1. The van der Waals surface area contributed by atoms with Crippen LogP contribution in [0.1, 0.15) is 40.0 Å². The van der Waals surface area contributed by atoms with Crippen molar-refractivity contribution in [3.63, 3.8) is 0 Å². The largest absolute Gasteiger partial charge is 0.494 e. The van der Waals surface area contributed by atoms with E-state index in [1.165, 1.54) is 0 Å². The minimum absolute atomic E-state index is 0.195. The Morgan fingerprint density at radius 1 is 1.21 bits per heavy atom. The third-order valence-corrected chi connectivity index (χ3v) is 3.03. The molecule has 0 atom stereocenters. The van der Waals surface area contributed by atoms with Gasteiger partial charge in [-0.15, -0.1) is 0 Å². The highest BCUT2D eigenvalue weighted by molar-refractivity contribution is 5.46. The molecule has 0 aliphatic carbocycles. The lowest BCUT2D eigenvalue weighted by molar-refractivity contribution is 0.340. The number of hydrogen-bond donors (Lipinski definition) is 1. The number of nitrogens with one attached hydrogen (secondary N) is 1. The van der Waals surface area contributed by atoms with Crippen molar-refractivity contribution in [2.75, 3.05) is 18.5 Å². The van der Waals surface area contributed by atoms with E-state index in [1.54, 1.807) is 0 Å². The van der Waals surface area contributed by atoms with E-state index in [4.69, 9.17) is 10.00 Å². The second kappa shape index (κ2) is 7.68. The van der Waals surface area contributed by atoms with Crippen molar-refractivity contribution in [2.45, 2.75) is 40.0 Å². The van der Waals surface area contributed by atoms with Crippen LogP contribution in [0.25, 0.3) is 0 Å². The van der Waals surface area contributed by atoms with Gasteiger partial charge in [-0.2, -0.15) is 5.26 Å². The normalized spacial score (nSPS) is 10.8. The summed E-state index contributed by atoms with van der Waals surface area (Å²) in [5.74, 6) is 0.906. The molecule has 0 radical (unpaired) electrons. The second-order valence-electron chi connectivity index (χ2n) is 5.34. The Bertz CT molecular complexity index is 404. The Morgan fingerprint density at radius 2 is 1.89 bits per heavy atom. The molecule has 0 aromatic heterocycles. The number of benzene rings is 1. The molecule has 0 unspecified atom stereocenters. The lowest BCUT2D eigenvalue weighted by Gasteiger charge is -2.14. The van der Waals surface area contributed by atoms with E-state index < -0.39 is 0 Å². The molecule has 0 saturated carbocycles. The summed E-state index contributed by atoms with van der Waals surface area (Å²) in [7, 11) is 0. The first kappa shape index (κ1) is 15.4. The van der Waals surface area contributed by atoms with Gasteiger partial charge in [-0.05, 0) is 57.9 Å². The van der Waals surface area contributed by atoms with Crippen LogP contribution in [0.2, 0.25) is 0 Å². The standard InChI is InChI=1S/C16H24N2O/c1-4-19-15-9-7-14(8-10-15)18-12-6-5-11-16(2,3)13-17/h7-10,18H,4-6,11-12H2,1-3H3. The van der Waals surface area contributed by atoms with Gasteiger partial charge in [-0.25, -0.2) is 0 Å². The molecule has 19 heavy (non-hydrogen) atoms. The van der Waals surface area contributed by atoms with Crippen LogP contribution in [-0.4, -0.2) is 13.2 Å². The maximum atomic E-state index is 8.92. The summed E-state index contributed by atoms with van der Waals surface area (Å²) in [5.41, 5.74) is 0.919. The highest BCUT2D eigenvalue weighted by Crippen LogP contribution is 2.21. The van der Waals surface area contributed by atoms with Crippen molar-refractivity contribution in [3.05, 3.63) is 24.3 Å². The van der Waals surface area contributed by atoms with Gasteiger partial charge in [-0.3, -0.25) is 0 Å². The molecule has 1 rings (SSSR count).